The maximum atomic E-state index is 9.03. The van der Waals surface area contributed by atoms with Gasteiger partial charge in [-0.05, 0) is 48.3 Å². The highest BCUT2D eigenvalue weighted by Crippen LogP contribution is 2.26. The number of hydrogen-bond donors (Lipinski definition) is 1. The molecule has 2 heterocycles. The number of anilines is 1. The van der Waals surface area contributed by atoms with Gasteiger partial charge in [-0.25, -0.2) is 0 Å². The fourth-order valence-electron chi connectivity index (χ4n) is 2.12. The lowest BCUT2D eigenvalue weighted by atomic mass is 10.2. The van der Waals surface area contributed by atoms with Crippen molar-refractivity contribution >= 4 is 32.7 Å². The third kappa shape index (κ3) is 3.22. The normalized spacial score (nSPS) is 11.2. The predicted octanol–water partition coefficient (Wildman–Crippen LogP) is 2.99. The van der Waals surface area contributed by atoms with Crippen molar-refractivity contribution in [2.45, 2.75) is 26.3 Å². The highest BCUT2D eigenvalue weighted by Gasteiger charge is 2.14. The molecule has 0 fully saturated rings. The van der Waals surface area contributed by atoms with Crippen LogP contribution in [-0.4, -0.2) is 34.3 Å². The number of rotatable bonds is 5. The standard InChI is InChI=1S/C14H18BrN3O/c1-10(2)18(6-3-7-19)13-4-5-16-12-8-11(15)9-17-14(12)13/h4-5,8-10,19H,3,6-7H2,1-2H3. The largest absolute Gasteiger partial charge is 0.396 e. The lowest BCUT2D eigenvalue weighted by molar-refractivity contribution is 0.288. The van der Waals surface area contributed by atoms with Crippen molar-refractivity contribution in [3.8, 4) is 0 Å². The van der Waals surface area contributed by atoms with Crippen LogP contribution < -0.4 is 4.90 Å². The van der Waals surface area contributed by atoms with E-state index >= 15 is 0 Å². The molecule has 0 amide bonds. The van der Waals surface area contributed by atoms with E-state index in [4.69, 9.17) is 5.11 Å². The zero-order valence-corrected chi connectivity index (χ0v) is 12.8. The van der Waals surface area contributed by atoms with Crippen LogP contribution in [0.1, 0.15) is 20.3 Å². The Hall–Kier alpha value is -1.20. The highest BCUT2D eigenvalue weighted by molar-refractivity contribution is 9.10. The van der Waals surface area contributed by atoms with E-state index < -0.39 is 0 Å². The van der Waals surface area contributed by atoms with Crippen LogP contribution >= 0.6 is 15.9 Å². The van der Waals surface area contributed by atoms with Gasteiger partial charge in [0, 0.05) is 36.1 Å². The summed E-state index contributed by atoms with van der Waals surface area (Å²) < 4.78 is 0.927. The summed E-state index contributed by atoms with van der Waals surface area (Å²) in [7, 11) is 0. The Morgan fingerprint density at radius 3 is 2.84 bits per heavy atom. The van der Waals surface area contributed by atoms with Gasteiger partial charge in [-0.15, -0.1) is 0 Å². The first-order valence-corrected chi connectivity index (χ1v) is 7.20. The number of halogens is 1. The van der Waals surface area contributed by atoms with Gasteiger partial charge in [0.15, 0.2) is 0 Å². The Morgan fingerprint density at radius 1 is 1.37 bits per heavy atom. The second-order valence-electron chi connectivity index (χ2n) is 4.72. The van der Waals surface area contributed by atoms with Gasteiger partial charge >= 0.3 is 0 Å². The van der Waals surface area contributed by atoms with Crippen LogP contribution in [0, 0.1) is 0 Å². The summed E-state index contributed by atoms with van der Waals surface area (Å²) in [6.07, 6.45) is 4.34. The van der Waals surface area contributed by atoms with E-state index in [-0.39, 0.29) is 6.61 Å². The van der Waals surface area contributed by atoms with Crippen molar-refractivity contribution in [3.63, 3.8) is 0 Å². The third-order valence-electron chi connectivity index (χ3n) is 3.01. The minimum absolute atomic E-state index is 0.200. The molecule has 0 bridgehead atoms. The third-order valence-corrected chi connectivity index (χ3v) is 3.45. The quantitative estimate of drug-likeness (QED) is 0.919. The molecule has 0 aliphatic rings. The van der Waals surface area contributed by atoms with E-state index in [1.54, 1.807) is 12.4 Å². The van der Waals surface area contributed by atoms with Crippen LogP contribution in [0.4, 0.5) is 5.69 Å². The molecule has 5 heteroatoms. The van der Waals surface area contributed by atoms with E-state index in [1.165, 1.54) is 0 Å². The summed E-state index contributed by atoms with van der Waals surface area (Å²) in [5, 5.41) is 9.03. The molecule has 1 N–H and O–H groups in total. The van der Waals surface area contributed by atoms with E-state index in [9.17, 15) is 0 Å². The van der Waals surface area contributed by atoms with Crippen molar-refractivity contribution in [1.29, 1.82) is 0 Å². The molecule has 0 aromatic carbocycles. The molecule has 0 saturated heterocycles. The maximum Gasteiger partial charge on any atom is 0.112 e. The molecular weight excluding hydrogens is 306 g/mol. The lowest BCUT2D eigenvalue weighted by Gasteiger charge is -2.29. The molecular formula is C14H18BrN3O. The molecule has 19 heavy (non-hydrogen) atoms. The number of hydrogen-bond acceptors (Lipinski definition) is 4. The second kappa shape index (κ2) is 6.30. The summed E-state index contributed by atoms with van der Waals surface area (Å²) in [5.74, 6) is 0. The summed E-state index contributed by atoms with van der Waals surface area (Å²) >= 11 is 3.42. The summed E-state index contributed by atoms with van der Waals surface area (Å²) in [4.78, 5) is 11.1. The fourth-order valence-corrected chi connectivity index (χ4v) is 2.44. The van der Waals surface area contributed by atoms with Crippen LogP contribution in [-0.2, 0) is 0 Å². The van der Waals surface area contributed by atoms with Gasteiger partial charge in [0.2, 0.25) is 0 Å². The van der Waals surface area contributed by atoms with Gasteiger partial charge in [0.1, 0.15) is 5.52 Å². The monoisotopic (exact) mass is 323 g/mol. The zero-order chi connectivity index (χ0) is 13.8. The highest BCUT2D eigenvalue weighted by atomic mass is 79.9. The van der Waals surface area contributed by atoms with Gasteiger partial charge in [0.05, 0.1) is 11.2 Å². The Kier molecular flexibility index (Phi) is 4.71. The number of fused-ring (bicyclic) bond motifs is 1. The molecule has 4 nitrogen and oxygen atoms in total. The zero-order valence-electron chi connectivity index (χ0n) is 11.2. The minimum atomic E-state index is 0.200. The Balaban J connectivity index is 2.47. The molecule has 0 spiro atoms. The Bertz CT molecular complexity index is 559. The lowest BCUT2D eigenvalue weighted by Crippen LogP contribution is -2.32. The average Bonchev–Trinajstić information content (AvgIpc) is 2.38. The van der Waals surface area contributed by atoms with E-state index in [0.717, 1.165) is 34.2 Å². The maximum absolute atomic E-state index is 9.03. The molecule has 0 aliphatic heterocycles. The molecule has 2 rings (SSSR count). The topological polar surface area (TPSA) is 49.2 Å². The molecule has 2 aromatic heterocycles. The molecule has 0 unspecified atom stereocenters. The first-order valence-electron chi connectivity index (χ1n) is 6.41. The summed E-state index contributed by atoms with van der Waals surface area (Å²) in [6, 6.07) is 4.30. The average molecular weight is 324 g/mol. The van der Waals surface area contributed by atoms with Crippen LogP contribution in [0.2, 0.25) is 0 Å². The minimum Gasteiger partial charge on any atom is -0.396 e. The molecule has 2 aromatic rings. The van der Waals surface area contributed by atoms with Crippen molar-refractivity contribution < 1.29 is 5.11 Å². The van der Waals surface area contributed by atoms with Gasteiger partial charge in [-0.2, -0.15) is 0 Å². The smallest absolute Gasteiger partial charge is 0.112 e. The van der Waals surface area contributed by atoms with Crippen LogP contribution in [0.3, 0.4) is 0 Å². The van der Waals surface area contributed by atoms with E-state index in [1.807, 2.05) is 12.1 Å². The molecule has 0 saturated carbocycles. The van der Waals surface area contributed by atoms with Crippen LogP contribution in [0.5, 0.6) is 0 Å². The Morgan fingerprint density at radius 2 is 2.16 bits per heavy atom. The van der Waals surface area contributed by atoms with Crippen molar-refractivity contribution in [1.82, 2.24) is 9.97 Å². The SMILES string of the molecule is CC(C)N(CCCO)c1ccnc2cc(Br)cnc12. The van der Waals surface area contributed by atoms with Crippen molar-refractivity contribution in [3.05, 3.63) is 29.0 Å². The first-order chi connectivity index (χ1) is 9.13. The molecule has 0 atom stereocenters. The van der Waals surface area contributed by atoms with E-state index in [0.29, 0.717) is 6.04 Å². The predicted molar refractivity (Wildman–Crippen MR) is 81.4 cm³/mol. The molecule has 0 radical (unpaired) electrons. The van der Waals surface area contributed by atoms with Crippen LogP contribution in [0.25, 0.3) is 11.0 Å². The van der Waals surface area contributed by atoms with Gasteiger partial charge in [0.25, 0.3) is 0 Å². The number of pyridine rings is 2. The van der Waals surface area contributed by atoms with Crippen molar-refractivity contribution in [2.24, 2.45) is 0 Å². The second-order valence-corrected chi connectivity index (χ2v) is 5.63. The fraction of sp³-hybridized carbons (Fsp3) is 0.429. The van der Waals surface area contributed by atoms with Gasteiger partial charge in [-0.1, -0.05) is 0 Å². The number of nitrogens with zero attached hydrogens (tertiary/aromatic N) is 3. The van der Waals surface area contributed by atoms with Gasteiger partial charge < -0.3 is 10.0 Å². The molecule has 0 aliphatic carbocycles. The summed E-state index contributed by atoms with van der Waals surface area (Å²) in [6.45, 7) is 5.29. The number of aliphatic hydroxyl groups is 1. The summed E-state index contributed by atoms with van der Waals surface area (Å²) in [5.41, 5.74) is 2.85. The molecule has 102 valence electrons. The number of aliphatic hydroxyl groups excluding tert-OH is 1. The van der Waals surface area contributed by atoms with Gasteiger partial charge in [-0.3, -0.25) is 9.97 Å². The van der Waals surface area contributed by atoms with Crippen molar-refractivity contribution in [2.75, 3.05) is 18.1 Å². The number of aromatic nitrogens is 2. The Labute approximate surface area is 121 Å². The van der Waals surface area contributed by atoms with E-state index in [2.05, 4.69) is 44.6 Å². The first kappa shape index (κ1) is 14.2. The van der Waals surface area contributed by atoms with Crippen LogP contribution in [0.15, 0.2) is 29.0 Å².